The number of rotatable bonds is 27. The van der Waals surface area contributed by atoms with E-state index < -0.39 is 28.6 Å². The largest absolute Gasteiger partial charge is 0.444 e. The van der Waals surface area contributed by atoms with Gasteiger partial charge >= 0.3 is 12.2 Å². The smallest absolute Gasteiger partial charge is 0.412 e. The average Bonchev–Trinajstić information content (AvgIpc) is 1.70. The molecule has 3 atom stereocenters. The monoisotopic (exact) mass is 1900 g/mol. The second-order valence-electron chi connectivity index (χ2n) is 33.8. The molecule has 714 valence electrons. The van der Waals surface area contributed by atoms with Crippen molar-refractivity contribution in [2.24, 2.45) is 5.73 Å². The topological polar surface area (TPSA) is 411 Å². The number of allylic oxidation sites excluding steroid dienone is 1. The number of aliphatic hydroxyl groups excluding tert-OH is 3. The molecule has 0 bridgehead atoms. The van der Waals surface area contributed by atoms with Gasteiger partial charge in [0.25, 0.3) is 0 Å². The summed E-state index contributed by atoms with van der Waals surface area (Å²) in [5.41, 5.74) is 24.9. The molecule has 0 saturated carbocycles. The summed E-state index contributed by atoms with van der Waals surface area (Å²) >= 11 is 22.6. The number of fused-ring (bicyclic) bond motifs is 4. The van der Waals surface area contributed by atoms with Gasteiger partial charge in [0.15, 0.2) is 22.6 Å². The number of nitrogen functional groups attached to an aromatic ring is 1. The van der Waals surface area contributed by atoms with E-state index in [9.17, 15) is 29.4 Å². The normalized spacial score (nSPS) is 14.7. The van der Waals surface area contributed by atoms with E-state index in [-0.39, 0.29) is 19.1 Å². The van der Waals surface area contributed by atoms with Gasteiger partial charge in [-0.05, 0) is 239 Å². The Morgan fingerprint density at radius 3 is 1.27 bits per heavy atom. The molecular formula is C97H129Cl4N23O9. The van der Waals surface area contributed by atoms with E-state index in [2.05, 4.69) is 130 Å². The Morgan fingerprint density at radius 2 is 0.872 bits per heavy atom. The summed E-state index contributed by atoms with van der Waals surface area (Å²) < 4.78 is 17.5. The maximum absolute atomic E-state index is 12.0. The molecule has 4 aromatic carbocycles. The van der Waals surface area contributed by atoms with E-state index >= 15 is 0 Å². The van der Waals surface area contributed by atoms with Gasteiger partial charge in [-0.1, -0.05) is 131 Å². The van der Waals surface area contributed by atoms with Crippen LogP contribution in [0.5, 0.6) is 0 Å². The molecular weight excluding hydrogens is 1770 g/mol. The van der Waals surface area contributed by atoms with Gasteiger partial charge in [-0.2, -0.15) is 33.9 Å². The van der Waals surface area contributed by atoms with Crippen LogP contribution in [0.4, 0.5) is 61.4 Å². The number of halogens is 4. The molecule has 15 rings (SSSR count). The van der Waals surface area contributed by atoms with Crippen LogP contribution in [-0.2, 0) is 70.9 Å². The second-order valence-corrected chi connectivity index (χ2v) is 35.4. The Balaban J connectivity index is 0.000000185. The van der Waals surface area contributed by atoms with E-state index in [1.165, 1.54) is 38.2 Å². The lowest BCUT2D eigenvalue weighted by atomic mass is 9.99. The number of hydrogen-bond donors (Lipinski definition) is 12. The second kappa shape index (κ2) is 52.7. The average molecular weight is 1900 g/mol. The number of carbonyl (C=O) groups is 4. The first-order valence-electron chi connectivity index (χ1n) is 45.2. The van der Waals surface area contributed by atoms with Crippen LogP contribution in [0, 0.1) is 0 Å². The van der Waals surface area contributed by atoms with Crippen LogP contribution in [-0.4, -0.2) is 166 Å². The first-order chi connectivity index (χ1) is 63.9. The highest BCUT2D eigenvalue weighted by Gasteiger charge is 2.28. The first-order valence-corrected chi connectivity index (χ1v) is 46.8. The number of ether oxygens (including phenoxy) is 2. The predicted molar refractivity (Wildman–Crippen MR) is 535 cm³/mol. The van der Waals surface area contributed by atoms with Gasteiger partial charge in [-0.3, -0.25) is 20.2 Å². The Kier molecular flexibility index (Phi) is 41.6. The molecule has 12 aromatic rings. The van der Waals surface area contributed by atoms with Crippen molar-refractivity contribution in [1.29, 1.82) is 0 Å². The van der Waals surface area contributed by atoms with Gasteiger partial charge in [0.1, 0.15) is 55.8 Å². The Hall–Kier alpha value is -11.7. The van der Waals surface area contributed by atoms with Crippen molar-refractivity contribution in [2.75, 3.05) is 86.9 Å². The van der Waals surface area contributed by atoms with Crippen molar-refractivity contribution >= 4 is 144 Å². The molecule has 3 aliphatic heterocycles. The van der Waals surface area contributed by atoms with Crippen LogP contribution >= 0.6 is 46.4 Å². The Labute approximate surface area is 798 Å². The lowest BCUT2D eigenvalue weighted by molar-refractivity contribution is -0.112. The lowest BCUT2D eigenvalue weighted by Gasteiger charge is -2.36. The van der Waals surface area contributed by atoms with Crippen LogP contribution in [0.2, 0.25) is 15.5 Å². The van der Waals surface area contributed by atoms with Gasteiger partial charge < -0.3 is 72.6 Å². The summed E-state index contributed by atoms with van der Waals surface area (Å²) in [6.07, 6.45) is 25.3. The summed E-state index contributed by atoms with van der Waals surface area (Å²) in [4.78, 5) is 67.7. The van der Waals surface area contributed by atoms with Gasteiger partial charge in [0.2, 0.25) is 11.1 Å². The lowest BCUT2D eigenvalue weighted by Crippen LogP contribution is -2.40. The number of hydrogen-bond acceptors (Lipinski definition) is 25. The van der Waals surface area contributed by atoms with Crippen molar-refractivity contribution < 1.29 is 44.0 Å². The molecule has 3 aliphatic rings. The van der Waals surface area contributed by atoms with Gasteiger partial charge in [0.05, 0.1) is 24.8 Å². The number of carbonyl (C=O) groups excluding carboxylic acids is 4. The number of aromatic nitrogens is 12. The van der Waals surface area contributed by atoms with Crippen molar-refractivity contribution in [3.63, 3.8) is 0 Å². The quantitative estimate of drug-likeness (QED) is 0.00984. The maximum Gasteiger partial charge on any atom is 0.412 e. The van der Waals surface area contributed by atoms with Crippen LogP contribution in [0.15, 0.2) is 171 Å². The SMILES string of the molecule is C=CC(=O)Cl.C=CC(=O)Nc1cccc(CNc2cc(N3CCCC[C@H]3CCO)nc3c(CC)cnn23)c1.CC(C)(C)OC(=O)Nc1cccc(CN)c1.CCc1cnn2c(Cl)cc(Cl)nc12.CCc1cnn2c(NCc3cccc(N)c3)cc(N3CCCC[C@H]3CCO)nc12.CCc1cnn2c(NCc3cccc(NC(=O)OC(C)(C)C)c3)cc(Cl)nc12.OCC[C@@H]1CCCCN1. The molecule has 11 heterocycles. The number of nitrogens with one attached hydrogen (secondary N) is 7. The molecule has 133 heavy (non-hydrogen) atoms. The number of aliphatic hydroxyl groups is 3. The minimum atomic E-state index is -0.545. The Bertz CT molecular complexity index is 5760. The van der Waals surface area contributed by atoms with Crippen molar-refractivity contribution in [2.45, 2.75) is 227 Å². The van der Waals surface area contributed by atoms with E-state index in [0.717, 1.165) is 204 Å². The molecule has 8 aromatic heterocycles. The van der Waals surface area contributed by atoms with E-state index in [1.54, 1.807) is 39.6 Å². The zero-order valence-corrected chi connectivity index (χ0v) is 80.8. The standard InChI is InChI=1S/C25H32N6O2.C22H30N6O.C20H24ClN5O2.C12H18N2O2.C8H7Cl2N3.C7H15NO.C3H3ClO/c1-3-19-17-27-31-22(26-16-18-8-7-9-20(14-18)28-24(33)4-2)15-23(29-25(19)31)30-12-6-5-10-21(30)11-13-32;1-2-17-15-25-28-20(24-14-16-6-5-7-18(23)12-16)13-21(26-22(17)28)27-10-4-3-8-19(27)9-11-29;1-5-14-12-23-26-17(10-16(21)25-18(14)26)22-11-13-7-6-8-15(9-13)24-19(27)28-20(2,3)4;1-12(2,3)16-11(15)14-10-6-4-5-9(7-10)8-13;1-2-5-4-11-13-7(10)3-6(9)12-8(5)13;9-6-4-7-3-1-2-5-8-7;1-2-3(4)5/h4,7-9,14-15,17,21,26,32H,2-3,5-6,10-13,16H2,1H3,(H,28,33);5-7,12-13,15,19,24,29H,2-4,8-11,14,23H2,1H3;6-10,12,22H,5,11H2,1-4H3,(H,24,27);4-7H,8,13H2,1-3H3,(H,14,15);3-4H,2H2,1H3;7-9H,1-6H2;2H,1H2/t21-;19-;;;;7-;/m00...0./s1. The summed E-state index contributed by atoms with van der Waals surface area (Å²) in [7, 11) is 0. The molecule has 3 amide bonds. The molecule has 36 heteroatoms. The first kappa shape index (κ1) is 105. The van der Waals surface area contributed by atoms with E-state index in [4.69, 9.17) is 82.4 Å². The number of amides is 3. The molecule has 0 spiro atoms. The fraction of sp³-hybridized carbons (Fsp3) is 0.423. The van der Waals surface area contributed by atoms with Crippen molar-refractivity contribution in [3.05, 3.63) is 231 Å². The van der Waals surface area contributed by atoms with Crippen LogP contribution in [0.25, 0.3) is 22.6 Å². The van der Waals surface area contributed by atoms with Gasteiger partial charge in [-0.25, -0.2) is 34.0 Å². The van der Waals surface area contributed by atoms with E-state index in [0.29, 0.717) is 77.7 Å². The van der Waals surface area contributed by atoms with Crippen molar-refractivity contribution in [3.8, 4) is 0 Å². The van der Waals surface area contributed by atoms with Crippen LogP contribution < -0.4 is 58.5 Å². The van der Waals surface area contributed by atoms with Crippen molar-refractivity contribution in [1.82, 2.24) is 63.7 Å². The highest BCUT2D eigenvalue weighted by atomic mass is 35.5. The number of aryl methyl sites for hydroxylation is 4. The third-order valence-corrected chi connectivity index (χ3v) is 22.3. The number of piperidine rings is 3. The fourth-order valence-electron chi connectivity index (χ4n) is 15.0. The molecule has 0 radical (unpaired) electrons. The number of benzene rings is 4. The minimum absolute atomic E-state index is 0.181. The Morgan fingerprint density at radius 1 is 0.489 bits per heavy atom. The molecule has 0 unspecified atom stereocenters. The fourth-order valence-corrected chi connectivity index (χ4v) is 15.7. The summed E-state index contributed by atoms with van der Waals surface area (Å²) in [6.45, 7) is 31.8. The molecule has 3 saturated heterocycles. The summed E-state index contributed by atoms with van der Waals surface area (Å²) in [5.74, 6) is 4.18. The molecule has 14 N–H and O–H groups in total. The van der Waals surface area contributed by atoms with Gasteiger partial charge in [-0.15, -0.1) is 0 Å². The highest BCUT2D eigenvalue weighted by molar-refractivity contribution is 6.66. The molecule has 32 nitrogen and oxygen atoms in total. The number of anilines is 9. The molecule has 0 aliphatic carbocycles. The number of nitrogens with two attached hydrogens (primary N) is 2. The third kappa shape index (κ3) is 32.9. The predicted octanol–water partition coefficient (Wildman–Crippen LogP) is 18.4. The third-order valence-electron chi connectivity index (χ3n) is 21.5. The van der Waals surface area contributed by atoms with Crippen LogP contribution in [0.1, 0.15) is 191 Å². The summed E-state index contributed by atoms with van der Waals surface area (Å²) in [5, 5.41) is 68.0. The number of nitrogens with zero attached hydrogens (tertiary/aromatic N) is 14. The molecule has 3 fully saturated rings. The zero-order chi connectivity index (χ0) is 96.2. The maximum atomic E-state index is 12.0. The minimum Gasteiger partial charge on any atom is -0.444 e. The van der Waals surface area contributed by atoms with Gasteiger partial charge in [0, 0.05) is 146 Å². The van der Waals surface area contributed by atoms with Crippen LogP contribution in [0.3, 0.4) is 0 Å². The zero-order valence-electron chi connectivity index (χ0n) is 77.8. The highest BCUT2D eigenvalue weighted by Crippen LogP contribution is 2.33. The van der Waals surface area contributed by atoms with E-state index in [1.807, 2.05) is 155 Å². The summed E-state index contributed by atoms with van der Waals surface area (Å²) in [6, 6.07) is 39.2.